The molecule has 1 aromatic carbocycles. The molecule has 1 unspecified atom stereocenters. The maximum absolute atomic E-state index is 13.5. The molecule has 0 saturated carbocycles. The van der Waals surface area contributed by atoms with Gasteiger partial charge in [-0.2, -0.15) is 0 Å². The number of hydrogen-bond acceptors (Lipinski definition) is 4. The highest BCUT2D eigenvalue weighted by Crippen LogP contribution is 2.13. The summed E-state index contributed by atoms with van der Waals surface area (Å²) >= 11 is 0. The van der Waals surface area contributed by atoms with E-state index in [1.165, 1.54) is 7.05 Å². The fourth-order valence-electron chi connectivity index (χ4n) is 1.59. The lowest BCUT2D eigenvalue weighted by Crippen LogP contribution is -2.37. The van der Waals surface area contributed by atoms with Crippen molar-refractivity contribution < 1.29 is 23.1 Å². The fraction of sp³-hybridized carbons (Fsp3) is 0.385. The van der Waals surface area contributed by atoms with Gasteiger partial charge < -0.3 is 10.1 Å². The fourth-order valence-corrected chi connectivity index (χ4v) is 1.59. The summed E-state index contributed by atoms with van der Waals surface area (Å²) in [4.78, 5) is 23.3. The quantitative estimate of drug-likeness (QED) is 0.632. The van der Waals surface area contributed by atoms with Gasteiger partial charge in [-0.25, -0.2) is 8.78 Å². The van der Waals surface area contributed by atoms with E-state index in [-0.39, 0.29) is 18.6 Å². The normalized spacial score (nSPS) is 12.0. The van der Waals surface area contributed by atoms with Gasteiger partial charge in [0.15, 0.2) is 5.78 Å². The van der Waals surface area contributed by atoms with Gasteiger partial charge in [-0.1, -0.05) is 0 Å². The van der Waals surface area contributed by atoms with Crippen LogP contribution >= 0.6 is 0 Å². The number of benzene rings is 1. The Hall–Kier alpha value is -1.82. The van der Waals surface area contributed by atoms with Crippen molar-refractivity contribution in [2.24, 2.45) is 0 Å². The van der Waals surface area contributed by atoms with Crippen LogP contribution in [0.15, 0.2) is 18.2 Å². The first-order valence-corrected chi connectivity index (χ1v) is 5.81. The highest BCUT2D eigenvalue weighted by atomic mass is 19.1. The van der Waals surface area contributed by atoms with Crippen molar-refractivity contribution in [3.05, 3.63) is 35.4 Å². The Morgan fingerprint density at radius 1 is 1.37 bits per heavy atom. The Balaban J connectivity index is 2.89. The van der Waals surface area contributed by atoms with Crippen LogP contribution in [-0.4, -0.2) is 31.4 Å². The van der Waals surface area contributed by atoms with Crippen LogP contribution in [-0.2, 0) is 9.53 Å². The van der Waals surface area contributed by atoms with Gasteiger partial charge in [0.2, 0.25) is 0 Å². The maximum atomic E-state index is 13.5. The molecule has 0 aliphatic rings. The molecule has 0 heterocycles. The number of esters is 1. The predicted octanol–water partition coefficient (Wildman–Crippen LogP) is 1.69. The van der Waals surface area contributed by atoms with E-state index >= 15 is 0 Å². The van der Waals surface area contributed by atoms with Crippen molar-refractivity contribution in [2.45, 2.75) is 19.4 Å². The zero-order valence-electron chi connectivity index (χ0n) is 10.7. The van der Waals surface area contributed by atoms with Crippen LogP contribution < -0.4 is 5.32 Å². The van der Waals surface area contributed by atoms with E-state index in [9.17, 15) is 18.4 Å². The average Bonchev–Trinajstić information content (AvgIpc) is 2.38. The van der Waals surface area contributed by atoms with Crippen molar-refractivity contribution in [1.29, 1.82) is 0 Å². The van der Waals surface area contributed by atoms with Crippen LogP contribution in [0.4, 0.5) is 8.78 Å². The van der Waals surface area contributed by atoms with E-state index in [1.807, 2.05) is 0 Å². The van der Waals surface area contributed by atoms with Gasteiger partial charge >= 0.3 is 5.97 Å². The summed E-state index contributed by atoms with van der Waals surface area (Å²) in [5, 5.41) is 2.60. The third kappa shape index (κ3) is 4.10. The molecule has 0 radical (unpaired) electrons. The molecule has 0 aliphatic heterocycles. The Morgan fingerprint density at radius 3 is 2.63 bits per heavy atom. The van der Waals surface area contributed by atoms with E-state index in [4.69, 9.17) is 4.74 Å². The van der Waals surface area contributed by atoms with Crippen LogP contribution in [0.25, 0.3) is 0 Å². The van der Waals surface area contributed by atoms with E-state index in [1.54, 1.807) is 6.92 Å². The summed E-state index contributed by atoms with van der Waals surface area (Å²) in [5.74, 6) is -2.80. The van der Waals surface area contributed by atoms with Crippen molar-refractivity contribution in [3.63, 3.8) is 0 Å². The first-order valence-electron chi connectivity index (χ1n) is 5.81. The summed E-state index contributed by atoms with van der Waals surface area (Å²) < 4.78 is 31.2. The lowest BCUT2D eigenvalue weighted by molar-refractivity contribution is -0.143. The van der Waals surface area contributed by atoms with Crippen LogP contribution in [0.1, 0.15) is 23.7 Å². The van der Waals surface area contributed by atoms with Gasteiger partial charge in [-0.05, 0) is 32.2 Å². The van der Waals surface area contributed by atoms with E-state index in [0.29, 0.717) is 0 Å². The summed E-state index contributed by atoms with van der Waals surface area (Å²) in [6.45, 7) is 1.83. The molecule has 6 heteroatoms. The van der Waals surface area contributed by atoms with Crippen molar-refractivity contribution >= 4 is 11.8 Å². The molecule has 104 valence electrons. The zero-order valence-corrected chi connectivity index (χ0v) is 10.7. The first kappa shape index (κ1) is 15.2. The predicted molar refractivity (Wildman–Crippen MR) is 64.8 cm³/mol. The monoisotopic (exact) mass is 271 g/mol. The topological polar surface area (TPSA) is 55.4 Å². The largest absolute Gasteiger partial charge is 0.466 e. The molecule has 1 N–H and O–H groups in total. The number of rotatable bonds is 6. The zero-order chi connectivity index (χ0) is 14.4. The molecule has 0 aromatic heterocycles. The van der Waals surface area contributed by atoms with Crippen molar-refractivity contribution in [1.82, 2.24) is 5.32 Å². The van der Waals surface area contributed by atoms with E-state index in [2.05, 4.69) is 5.32 Å². The molecule has 19 heavy (non-hydrogen) atoms. The number of carbonyl (C=O) groups excluding carboxylic acids is 2. The molecule has 0 bridgehead atoms. The summed E-state index contributed by atoms with van der Waals surface area (Å²) in [5.41, 5.74) is -0.386. The molecule has 4 nitrogen and oxygen atoms in total. The minimum Gasteiger partial charge on any atom is -0.466 e. The molecule has 0 fully saturated rings. The van der Waals surface area contributed by atoms with Gasteiger partial charge in [0.05, 0.1) is 24.6 Å². The third-order valence-electron chi connectivity index (χ3n) is 2.53. The first-order chi connectivity index (χ1) is 8.99. The van der Waals surface area contributed by atoms with Crippen LogP contribution in [0.3, 0.4) is 0 Å². The Kier molecular flexibility index (Phi) is 5.57. The van der Waals surface area contributed by atoms with Crippen LogP contribution in [0.5, 0.6) is 0 Å². The van der Waals surface area contributed by atoms with Gasteiger partial charge in [0.25, 0.3) is 0 Å². The Labute approximate surface area is 109 Å². The molecule has 0 saturated heterocycles. The summed E-state index contributed by atoms with van der Waals surface area (Å²) in [6, 6.07) is 1.66. The molecular formula is C13H15F2NO3. The third-order valence-corrected chi connectivity index (χ3v) is 2.53. The number of ketones is 1. The minimum absolute atomic E-state index is 0.192. The second-order valence-corrected chi connectivity index (χ2v) is 3.84. The van der Waals surface area contributed by atoms with Gasteiger partial charge in [0, 0.05) is 0 Å². The molecule has 0 amide bonds. The molecule has 1 rings (SSSR count). The second kappa shape index (κ2) is 6.94. The summed E-state index contributed by atoms with van der Waals surface area (Å²) in [7, 11) is 1.46. The van der Waals surface area contributed by atoms with Gasteiger partial charge in [-0.15, -0.1) is 0 Å². The molecule has 1 aromatic rings. The minimum atomic E-state index is -0.949. The van der Waals surface area contributed by atoms with E-state index < -0.39 is 29.4 Å². The molecular weight excluding hydrogens is 256 g/mol. The summed E-state index contributed by atoms with van der Waals surface area (Å²) in [6.07, 6.45) is -0.237. The van der Waals surface area contributed by atoms with Crippen molar-refractivity contribution in [3.8, 4) is 0 Å². The second-order valence-electron chi connectivity index (χ2n) is 3.84. The van der Waals surface area contributed by atoms with Gasteiger partial charge in [0.1, 0.15) is 11.6 Å². The number of nitrogens with one attached hydrogen (secondary N) is 1. The number of hydrogen-bond donors (Lipinski definition) is 1. The Morgan fingerprint density at radius 2 is 2.05 bits per heavy atom. The lowest BCUT2D eigenvalue weighted by atomic mass is 10.0. The molecule has 1 atom stereocenters. The van der Waals surface area contributed by atoms with Crippen molar-refractivity contribution in [2.75, 3.05) is 13.7 Å². The average molecular weight is 271 g/mol. The number of likely N-dealkylation sites (N-methyl/N-ethyl adjacent to an activating group) is 1. The van der Waals surface area contributed by atoms with Crippen LogP contribution in [0.2, 0.25) is 0 Å². The molecule has 0 spiro atoms. The number of carbonyl (C=O) groups is 2. The van der Waals surface area contributed by atoms with Crippen LogP contribution in [0, 0.1) is 11.6 Å². The lowest BCUT2D eigenvalue weighted by Gasteiger charge is -2.14. The van der Waals surface area contributed by atoms with E-state index in [0.717, 1.165) is 18.2 Å². The highest BCUT2D eigenvalue weighted by molar-refractivity contribution is 6.02. The maximum Gasteiger partial charge on any atom is 0.307 e. The number of ether oxygens (including phenoxy) is 1. The van der Waals surface area contributed by atoms with Gasteiger partial charge in [-0.3, -0.25) is 9.59 Å². The highest BCUT2D eigenvalue weighted by Gasteiger charge is 2.24. The molecule has 0 aliphatic carbocycles. The SMILES string of the molecule is CCOC(=O)CC(NC)C(=O)c1cc(F)ccc1F. The number of Topliss-reactive ketones (excluding diaryl/α,β-unsaturated/α-hetero) is 1. The standard InChI is InChI=1S/C13H15F2NO3/c1-3-19-12(17)7-11(16-2)13(18)9-6-8(14)4-5-10(9)15/h4-6,11,16H,3,7H2,1-2H3. The smallest absolute Gasteiger partial charge is 0.307 e. The Bertz CT molecular complexity index is 477. The number of halogens is 2.